The van der Waals surface area contributed by atoms with Gasteiger partial charge in [0, 0.05) is 0 Å². The number of hydrogen-bond acceptors (Lipinski definition) is 6. The minimum atomic E-state index is -4.53. The molecule has 0 saturated heterocycles. The number of hydrogen-bond donors (Lipinski definition) is 1. The van der Waals surface area contributed by atoms with Gasteiger partial charge in [-0.05, 0) is 25.1 Å². The number of nitrogens with one attached hydrogen (secondary N) is 1. The predicted octanol–water partition coefficient (Wildman–Crippen LogP) is 3.02. The number of anilines is 2. The normalized spacial score (nSPS) is 15.5. The van der Waals surface area contributed by atoms with Crippen molar-refractivity contribution in [2.75, 3.05) is 16.8 Å². The highest BCUT2D eigenvalue weighted by molar-refractivity contribution is 8.02. The topological polar surface area (TPSA) is 75.2 Å². The number of fused-ring (bicyclic) bond motifs is 1. The molecule has 0 spiro atoms. The number of thioether (sulfide) groups is 1. The standard InChI is InChI=1S/C14H11F3N4O2S2/c1-7(25-13-20-18-6-24-13)12(23)21-5-11(22)19-9-4-8(14(15,16)17)2-3-10(9)21/h2-4,6-7H,5H2,1H3,(H,19,22)/t7-/m1/s1. The van der Waals surface area contributed by atoms with E-state index >= 15 is 0 Å². The van der Waals surface area contributed by atoms with Gasteiger partial charge in [0.2, 0.25) is 11.8 Å². The van der Waals surface area contributed by atoms with Gasteiger partial charge in [0.15, 0.2) is 4.34 Å². The van der Waals surface area contributed by atoms with Crippen LogP contribution < -0.4 is 10.2 Å². The summed E-state index contributed by atoms with van der Waals surface area (Å²) in [4.78, 5) is 25.7. The zero-order chi connectivity index (χ0) is 18.2. The molecule has 11 heteroatoms. The second kappa shape index (κ2) is 6.64. The lowest BCUT2D eigenvalue weighted by atomic mass is 10.1. The molecule has 25 heavy (non-hydrogen) atoms. The van der Waals surface area contributed by atoms with Crippen LogP contribution in [0.25, 0.3) is 0 Å². The molecule has 0 saturated carbocycles. The maximum atomic E-state index is 12.8. The Morgan fingerprint density at radius 2 is 2.20 bits per heavy atom. The van der Waals surface area contributed by atoms with Crippen molar-refractivity contribution in [2.45, 2.75) is 22.7 Å². The molecular formula is C14H11F3N4O2S2. The zero-order valence-electron chi connectivity index (χ0n) is 12.7. The highest BCUT2D eigenvalue weighted by Crippen LogP contribution is 2.38. The first-order chi connectivity index (χ1) is 11.8. The van der Waals surface area contributed by atoms with E-state index in [1.807, 2.05) is 0 Å². The monoisotopic (exact) mass is 388 g/mol. The van der Waals surface area contributed by atoms with Crippen molar-refractivity contribution in [3.05, 3.63) is 29.3 Å². The van der Waals surface area contributed by atoms with Gasteiger partial charge in [0.1, 0.15) is 12.1 Å². The number of carbonyl (C=O) groups is 2. The van der Waals surface area contributed by atoms with Crippen LogP contribution in [0.1, 0.15) is 12.5 Å². The average Bonchev–Trinajstić information content (AvgIpc) is 3.04. The van der Waals surface area contributed by atoms with Crippen molar-refractivity contribution in [1.29, 1.82) is 0 Å². The summed E-state index contributed by atoms with van der Waals surface area (Å²) >= 11 is 2.45. The van der Waals surface area contributed by atoms with Crippen LogP contribution in [0.15, 0.2) is 28.0 Å². The van der Waals surface area contributed by atoms with Crippen molar-refractivity contribution in [1.82, 2.24) is 10.2 Å². The van der Waals surface area contributed by atoms with Crippen LogP contribution in [0, 0.1) is 0 Å². The Kier molecular flexibility index (Phi) is 4.69. The molecular weight excluding hydrogens is 377 g/mol. The van der Waals surface area contributed by atoms with Gasteiger partial charge in [-0.15, -0.1) is 10.2 Å². The number of carbonyl (C=O) groups excluding carboxylic acids is 2. The Balaban J connectivity index is 1.88. The molecule has 2 aromatic rings. The molecule has 2 amide bonds. The van der Waals surface area contributed by atoms with E-state index in [0.29, 0.717) is 4.34 Å². The van der Waals surface area contributed by atoms with Crippen molar-refractivity contribution in [2.24, 2.45) is 0 Å². The fourth-order valence-corrected chi connectivity index (χ4v) is 3.99. The molecule has 1 aromatic heterocycles. The lowest BCUT2D eigenvalue weighted by Gasteiger charge is -2.31. The highest BCUT2D eigenvalue weighted by Gasteiger charge is 2.35. The number of amides is 2. The molecule has 132 valence electrons. The van der Waals surface area contributed by atoms with Gasteiger partial charge in [-0.3, -0.25) is 14.5 Å². The third-order valence-electron chi connectivity index (χ3n) is 3.42. The van der Waals surface area contributed by atoms with Crippen molar-refractivity contribution < 1.29 is 22.8 Å². The van der Waals surface area contributed by atoms with Gasteiger partial charge in [0.25, 0.3) is 0 Å². The molecule has 0 bridgehead atoms. The van der Waals surface area contributed by atoms with E-state index in [9.17, 15) is 22.8 Å². The third kappa shape index (κ3) is 3.76. The molecule has 0 unspecified atom stereocenters. The van der Waals surface area contributed by atoms with Crippen molar-refractivity contribution >= 4 is 46.3 Å². The number of rotatable bonds is 3. The number of halogens is 3. The zero-order valence-corrected chi connectivity index (χ0v) is 14.3. The van der Waals surface area contributed by atoms with Crippen LogP contribution >= 0.6 is 23.1 Å². The summed E-state index contributed by atoms with van der Waals surface area (Å²) in [5.74, 6) is -0.940. The van der Waals surface area contributed by atoms with Crippen molar-refractivity contribution in [3.63, 3.8) is 0 Å². The second-order valence-corrected chi connectivity index (χ2v) is 7.59. The fraction of sp³-hybridized carbons (Fsp3) is 0.286. The van der Waals surface area contributed by atoms with Crippen molar-refractivity contribution in [3.8, 4) is 0 Å². The van der Waals surface area contributed by atoms with Gasteiger partial charge in [0.05, 0.1) is 22.2 Å². The van der Waals surface area contributed by atoms with Crippen LogP contribution in [0.2, 0.25) is 0 Å². The number of alkyl halides is 3. The summed E-state index contributed by atoms with van der Waals surface area (Å²) in [7, 11) is 0. The average molecular weight is 388 g/mol. The first-order valence-electron chi connectivity index (χ1n) is 7.01. The first-order valence-corrected chi connectivity index (χ1v) is 8.77. The van der Waals surface area contributed by atoms with E-state index in [1.165, 1.54) is 39.6 Å². The van der Waals surface area contributed by atoms with Gasteiger partial charge in [-0.1, -0.05) is 23.1 Å². The largest absolute Gasteiger partial charge is 0.416 e. The summed E-state index contributed by atoms with van der Waals surface area (Å²) in [5.41, 5.74) is 0.842. The van der Waals surface area contributed by atoms with Crippen LogP contribution in [0.3, 0.4) is 0 Å². The minimum Gasteiger partial charge on any atom is -0.323 e. The number of benzene rings is 1. The Bertz CT molecular complexity index is 811. The quantitative estimate of drug-likeness (QED) is 0.818. The van der Waals surface area contributed by atoms with E-state index in [4.69, 9.17) is 0 Å². The Labute approximate surface area is 148 Å². The maximum absolute atomic E-state index is 12.8. The van der Waals surface area contributed by atoms with Crippen LogP contribution in [-0.4, -0.2) is 33.8 Å². The van der Waals surface area contributed by atoms with E-state index in [0.717, 1.165) is 12.1 Å². The molecule has 0 fully saturated rings. The van der Waals surface area contributed by atoms with Gasteiger partial charge in [-0.2, -0.15) is 13.2 Å². The molecule has 1 aliphatic rings. The molecule has 3 rings (SSSR count). The molecule has 1 aliphatic heterocycles. The second-order valence-electron chi connectivity index (χ2n) is 5.17. The van der Waals surface area contributed by atoms with Gasteiger partial charge < -0.3 is 5.32 Å². The molecule has 2 heterocycles. The molecule has 1 N–H and O–H groups in total. The van der Waals surface area contributed by atoms with E-state index in [1.54, 1.807) is 6.92 Å². The van der Waals surface area contributed by atoms with Gasteiger partial charge >= 0.3 is 6.18 Å². The lowest BCUT2D eigenvalue weighted by Crippen LogP contribution is -2.45. The Morgan fingerprint density at radius 3 is 2.84 bits per heavy atom. The smallest absolute Gasteiger partial charge is 0.323 e. The molecule has 6 nitrogen and oxygen atoms in total. The lowest BCUT2D eigenvalue weighted by molar-refractivity contribution is -0.137. The predicted molar refractivity (Wildman–Crippen MR) is 87.7 cm³/mol. The summed E-state index contributed by atoms with van der Waals surface area (Å²) in [6, 6.07) is 2.91. The summed E-state index contributed by atoms with van der Waals surface area (Å²) in [5, 5.41) is 9.32. The number of aromatic nitrogens is 2. The van der Waals surface area contributed by atoms with E-state index in [-0.39, 0.29) is 17.9 Å². The van der Waals surface area contributed by atoms with E-state index in [2.05, 4.69) is 15.5 Å². The molecule has 1 aromatic carbocycles. The minimum absolute atomic E-state index is 0.0347. The highest BCUT2D eigenvalue weighted by atomic mass is 32.2. The Morgan fingerprint density at radius 1 is 1.44 bits per heavy atom. The first kappa shape index (κ1) is 17.7. The summed E-state index contributed by atoms with van der Waals surface area (Å²) in [6.45, 7) is 1.39. The van der Waals surface area contributed by atoms with Crippen LogP contribution in [0.5, 0.6) is 0 Å². The van der Waals surface area contributed by atoms with Crippen LogP contribution in [-0.2, 0) is 15.8 Å². The maximum Gasteiger partial charge on any atom is 0.416 e. The van der Waals surface area contributed by atoms with Crippen LogP contribution in [0.4, 0.5) is 24.5 Å². The number of nitrogens with zero attached hydrogens (tertiary/aromatic N) is 3. The molecule has 0 radical (unpaired) electrons. The molecule has 0 aliphatic carbocycles. The third-order valence-corrected chi connectivity index (χ3v) is 5.32. The van der Waals surface area contributed by atoms with E-state index < -0.39 is 28.8 Å². The SMILES string of the molecule is C[C@@H](Sc1nncs1)C(=O)N1CC(=O)Nc2cc(C(F)(F)F)ccc21. The molecule has 1 atom stereocenters. The van der Waals surface area contributed by atoms with Gasteiger partial charge in [-0.25, -0.2) is 0 Å². The Hall–Kier alpha value is -2.14. The summed E-state index contributed by atoms with van der Waals surface area (Å²) in [6.07, 6.45) is -4.53. The summed E-state index contributed by atoms with van der Waals surface area (Å²) < 4.78 is 39.1. The fourth-order valence-electron chi connectivity index (χ4n) is 2.30.